The lowest BCUT2D eigenvalue weighted by Crippen LogP contribution is -2.44. The van der Waals surface area contributed by atoms with Gasteiger partial charge in [-0.15, -0.1) is 0 Å². The van der Waals surface area contributed by atoms with Crippen molar-refractivity contribution < 1.29 is 28.9 Å². The first kappa shape index (κ1) is 25.3. The second-order valence-electron chi connectivity index (χ2n) is 9.29. The summed E-state index contributed by atoms with van der Waals surface area (Å²) >= 11 is 0. The number of amides is 1. The third-order valence-corrected chi connectivity index (χ3v) is 6.83. The predicted octanol–water partition coefficient (Wildman–Crippen LogP) is 4.00. The van der Waals surface area contributed by atoms with Crippen LogP contribution in [0, 0.1) is 11.8 Å². The number of carbonyl (C=O) groups is 2. The summed E-state index contributed by atoms with van der Waals surface area (Å²) in [6.07, 6.45) is 10.1. The van der Waals surface area contributed by atoms with Crippen molar-refractivity contribution in [3.05, 3.63) is 18.0 Å². The molecule has 8 heteroatoms. The monoisotopic (exact) mass is 462 g/mol. The molecular weight excluding hydrogens is 424 g/mol. The minimum atomic E-state index is -0.815. The number of nitrogens with zero attached hydrogens (tertiary/aromatic N) is 1. The number of ether oxygens (including phenoxy) is 3. The van der Waals surface area contributed by atoms with Crippen LogP contribution in [0.4, 0.5) is 0 Å². The van der Waals surface area contributed by atoms with Crippen molar-refractivity contribution in [2.75, 3.05) is 13.7 Å². The summed E-state index contributed by atoms with van der Waals surface area (Å²) < 4.78 is 17.1. The molecule has 1 aromatic heterocycles. The lowest BCUT2D eigenvalue weighted by atomic mass is 9.84. The standard InChI is InChI=1S/C25H38N2O6/c1-4-14-32-23-16(2)33-25(30)19(11-7-10-18(23)15-17-8-5-6-9-17)27-24(29)21-22(28)20(31-3)12-13-26-21/h12-13,16-19,23,28H,4-11,14-15H2,1-3H3,(H,27,29)/t16-,18+,19-,23-/m0/s1. The Hall–Kier alpha value is -2.35. The highest BCUT2D eigenvalue weighted by molar-refractivity contribution is 5.97. The predicted molar refractivity (Wildman–Crippen MR) is 123 cm³/mol. The lowest BCUT2D eigenvalue weighted by molar-refractivity contribution is -0.161. The van der Waals surface area contributed by atoms with Gasteiger partial charge in [0.1, 0.15) is 12.1 Å². The summed E-state index contributed by atoms with van der Waals surface area (Å²) in [5.41, 5.74) is -0.182. The van der Waals surface area contributed by atoms with Crippen molar-refractivity contribution in [2.24, 2.45) is 11.8 Å². The van der Waals surface area contributed by atoms with Gasteiger partial charge in [-0.1, -0.05) is 39.0 Å². The number of methoxy groups -OCH3 is 1. The zero-order valence-electron chi connectivity index (χ0n) is 20.0. The third kappa shape index (κ3) is 6.59. The van der Waals surface area contributed by atoms with Crippen LogP contribution in [-0.2, 0) is 14.3 Å². The van der Waals surface area contributed by atoms with Gasteiger partial charge >= 0.3 is 5.97 Å². The summed E-state index contributed by atoms with van der Waals surface area (Å²) in [5.74, 6) is -0.296. The number of esters is 1. The highest BCUT2D eigenvalue weighted by atomic mass is 16.6. The van der Waals surface area contributed by atoms with Gasteiger partial charge in [0, 0.05) is 18.9 Å². The first-order valence-corrected chi connectivity index (χ1v) is 12.3. The van der Waals surface area contributed by atoms with Crippen LogP contribution in [0.2, 0.25) is 0 Å². The van der Waals surface area contributed by atoms with E-state index in [1.807, 2.05) is 6.92 Å². The quantitative estimate of drug-likeness (QED) is 0.562. The minimum Gasteiger partial charge on any atom is -0.503 e. The summed E-state index contributed by atoms with van der Waals surface area (Å²) in [6.45, 7) is 4.60. The molecule has 1 saturated carbocycles. The van der Waals surface area contributed by atoms with Gasteiger partial charge in [-0.05, 0) is 44.4 Å². The highest BCUT2D eigenvalue weighted by Crippen LogP contribution is 2.36. The van der Waals surface area contributed by atoms with Crippen LogP contribution in [0.1, 0.15) is 82.1 Å². The number of rotatable bonds is 8. The van der Waals surface area contributed by atoms with Crippen molar-refractivity contribution in [1.82, 2.24) is 10.3 Å². The van der Waals surface area contributed by atoms with E-state index in [0.717, 1.165) is 25.7 Å². The molecule has 0 bridgehead atoms. The smallest absolute Gasteiger partial charge is 0.329 e. The average Bonchev–Trinajstić information content (AvgIpc) is 3.32. The van der Waals surface area contributed by atoms with E-state index >= 15 is 0 Å². The first-order valence-electron chi connectivity index (χ1n) is 12.3. The van der Waals surface area contributed by atoms with Gasteiger partial charge in [-0.2, -0.15) is 0 Å². The molecule has 1 aromatic rings. The van der Waals surface area contributed by atoms with Gasteiger partial charge in [-0.25, -0.2) is 9.78 Å². The average molecular weight is 463 g/mol. The van der Waals surface area contributed by atoms with Gasteiger partial charge in [0.15, 0.2) is 17.2 Å². The van der Waals surface area contributed by atoms with Gasteiger partial charge in [-0.3, -0.25) is 4.79 Å². The van der Waals surface area contributed by atoms with Gasteiger partial charge in [0.25, 0.3) is 5.91 Å². The number of aromatic hydroxyl groups is 1. The molecule has 2 N–H and O–H groups in total. The van der Waals surface area contributed by atoms with Crippen LogP contribution in [0.25, 0.3) is 0 Å². The molecule has 184 valence electrons. The molecule has 1 aliphatic heterocycles. The molecule has 8 nitrogen and oxygen atoms in total. The molecule has 4 atom stereocenters. The van der Waals surface area contributed by atoms with Crippen LogP contribution in [0.5, 0.6) is 11.5 Å². The largest absolute Gasteiger partial charge is 0.503 e. The van der Waals surface area contributed by atoms with Gasteiger partial charge in [0.2, 0.25) is 0 Å². The summed E-state index contributed by atoms with van der Waals surface area (Å²) in [6, 6.07) is 0.646. The molecule has 2 heterocycles. The topological polar surface area (TPSA) is 107 Å². The lowest BCUT2D eigenvalue weighted by Gasteiger charge is -2.32. The number of pyridine rings is 1. The van der Waals surface area contributed by atoms with Crippen LogP contribution in [0.3, 0.4) is 0 Å². The second kappa shape index (κ2) is 12.2. The van der Waals surface area contributed by atoms with E-state index in [9.17, 15) is 14.7 Å². The van der Waals surface area contributed by atoms with E-state index in [4.69, 9.17) is 14.2 Å². The Labute approximate surface area is 196 Å². The zero-order valence-corrected chi connectivity index (χ0v) is 20.0. The SMILES string of the molecule is CCCO[C@@H]1[C@@H](CC2CCCC2)CCC[C@H](NC(=O)c2nccc(OC)c2O)C(=O)O[C@H]1C. The third-order valence-electron chi connectivity index (χ3n) is 6.83. The highest BCUT2D eigenvalue weighted by Gasteiger charge is 2.36. The molecule has 1 saturated heterocycles. The summed E-state index contributed by atoms with van der Waals surface area (Å²) in [7, 11) is 1.40. The molecule has 2 fully saturated rings. The van der Waals surface area contributed by atoms with Crippen LogP contribution < -0.4 is 10.1 Å². The van der Waals surface area contributed by atoms with Crippen molar-refractivity contribution >= 4 is 11.9 Å². The van der Waals surface area contributed by atoms with E-state index in [2.05, 4.69) is 17.2 Å². The zero-order chi connectivity index (χ0) is 23.8. The summed E-state index contributed by atoms with van der Waals surface area (Å²) in [5, 5.41) is 13.0. The summed E-state index contributed by atoms with van der Waals surface area (Å²) in [4.78, 5) is 29.7. The molecule has 0 spiro atoms. The molecule has 1 amide bonds. The van der Waals surface area contributed by atoms with E-state index in [0.29, 0.717) is 24.9 Å². The first-order chi connectivity index (χ1) is 15.9. The minimum absolute atomic E-state index is 0.145. The van der Waals surface area contributed by atoms with E-state index < -0.39 is 24.0 Å². The van der Waals surface area contributed by atoms with Crippen LogP contribution in [0.15, 0.2) is 12.3 Å². The van der Waals surface area contributed by atoms with Crippen molar-refractivity contribution in [2.45, 2.75) is 89.9 Å². The van der Waals surface area contributed by atoms with Crippen LogP contribution >= 0.6 is 0 Å². The Morgan fingerprint density at radius 3 is 2.70 bits per heavy atom. The number of carbonyl (C=O) groups excluding carboxylic acids is 2. The molecule has 2 aliphatic rings. The van der Waals surface area contributed by atoms with Gasteiger partial charge < -0.3 is 24.6 Å². The number of hydrogen-bond donors (Lipinski definition) is 2. The Morgan fingerprint density at radius 1 is 1.24 bits per heavy atom. The normalized spacial score (nSPS) is 26.7. The van der Waals surface area contributed by atoms with Crippen molar-refractivity contribution in [1.29, 1.82) is 0 Å². The Kier molecular flexibility index (Phi) is 9.35. The molecule has 1 aliphatic carbocycles. The van der Waals surface area contributed by atoms with E-state index in [1.54, 1.807) is 0 Å². The van der Waals surface area contributed by atoms with Crippen molar-refractivity contribution in [3.8, 4) is 11.5 Å². The maximum atomic E-state index is 13.0. The molecule has 33 heavy (non-hydrogen) atoms. The van der Waals surface area contributed by atoms with Crippen LogP contribution in [-0.4, -0.2) is 53.9 Å². The maximum absolute atomic E-state index is 13.0. The van der Waals surface area contributed by atoms with Crippen molar-refractivity contribution in [3.63, 3.8) is 0 Å². The molecular formula is C25H38N2O6. The molecule has 0 aromatic carbocycles. The number of cyclic esters (lactones) is 1. The number of hydrogen-bond acceptors (Lipinski definition) is 7. The fraction of sp³-hybridized carbons (Fsp3) is 0.720. The number of aromatic nitrogens is 1. The van der Waals surface area contributed by atoms with E-state index in [1.165, 1.54) is 45.1 Å². The number of nitrogens with one attached hydrogen (secondary N) is 1. The Bertz CT molecular complexity index is 795. The fourth-order valence-corrected chi connectivity index (χ4v) is 5.16. The van der Waals surface area contributed by atoms with Gasteiger partial charge in [0.05, 0.1) is 13.2 Å². The molecule has 3 rings (SSSR count). The van der Waals surface area contributed by atoms with E-state index in [-0.39, 0.29) is 23.3 Å². The molecule has 0 unspecified atom stereocenters. The second-order valence-corrected chi connectivity index (χ2v) is 9.29. The molecule has 0 radical (unpaired) electrons. The Balaban J connectivity index is 1.72. The fourth-order valence-electron chi connectivity index (χ4n) is 5.16. The Morgan fingerprint density at radius 2 is 2.00 bits per heavy atom. The maximum Gasteiger partial charge on any atom is 0.329 e.